The third kappa shape index (κ3) is 5.68. The van der Waals surface area contributed by atoms with E-state index in [-0.39, 0.29) is 17.0 Å². The van der Waals surface area contributed by atoms with Gasteiger partial charge in [0.2, 0.25) is 0 Å². The molecule has 0 heterocycles. The van der Waals surface area contributed by atoms with E-state index in [1.54, 1.807) is 6.08 Å². The van der Waals surface area contributed by atoms with Crippen molar-refractivity contribution in [2.75, 3.05) is 0 Å². The van der Waals surface area contributed by atoms with Crippen LogP contribution in [0.4, 0.5) is 0 Å². The fourth-order valence-corrected chi connectivity index (χ4v) is 1.01. The summed E-state index contributed by atoms with van der Waals surface area (Å²) in [6.45, 7) is 9.38. The highest BCUT2D eigenvalue weighted by molar-refractivity contribution is 5.94. The van der Waals surface area contributed by atoms with Crippen LogP contribution in [-0.2, 0) is 9.59 Å². The fourth-order valence-electron chi connectivity index (χ4n) is 1.01. The van der Waals surface area contributed by atoms with Gasteiger partial charge in [-0.3, -0.25) is 9.59 Å². The van der Waals surface area contributed by atoms with Crippen molar-refractivity contribution in [1.29, 1.82) is 0 Å². The number of rotatable bonds is 4. The zero-order chi connectivity index (χ0) is 11.4. The van der Waals surface area contributed by atoms with E-state index in [0.717, 1.165) is 5.57 Å². The van der Waals surface area contributed by atoms with Gasteiger partial charge >= 0.3 is 0 Å². The van der Waals surface area contributed by atoms with Gasteiger partial charge in [-0.25, -0.2) is 0 Å². The van der Waals surface area contributed by atoms with Gasteiger partial charge in [0.1, 0.15) is 5.78 Å². The number of ketones is 2. The van der Waals surface area contributed by atoms with Gasteiger partial charge in [-0.15, -0.1) is 0 Å². The molecule has 0 N–H and O–H groups in total. The van der Waals surface area contributed by atoms with Crippen molar-refractivity contribution in [2.45, 2.75) is 47.5 Å². The Balaban J connectivity index is 4.03. The van der Waals surface area contributed by atoms with Crippen molar-refractivity contribution in [3.63, 3.8) is 0 Å². The lowest BCUT2D eigenvalue weighted by Gasteiger charge is -2.15. The third-order valence-corrected chi connectivity index (χ3v) is 1.88. The molecule has 0 radical (unpaired) electrons. The summed E-state index contributed by atoms with van der Waals surface area (Å²) in [5, 5.41) is 0. The van der Waals surface area contributed by atoms with Crippen LogP contribution >= 0.6 is 0 Å². The van der Waals surface area contributed by atoms with Crippen LogP contribution in [0.15, 0.2) is 11.6 Å². The van der Waals surface area contributed by atoms with E-state index in [0.29, 0.717) is 12.8 Å². The smallest absolute Gasteiger partial charge is 0.156 e. The molecule has 0 atom stereocenters. The Morgan fingerprint density at radius 2 is 1.57 bits per heavy atom. The predicted octanol–water partition coefficient (Wildman–Crippen LogP) is 2.92. The van der Waals surface area contributed by atoms with E-state index >= 15 is 0 Å². The topological polar surface area (TPSA) is 34.1 Å². The summed E-state index contributed by atoms with van der Waals surface area (Å²) < 4.78 is 0. The average Bonchev–Trinajstić information content (AvgIpc) is 1.96. The summed E-state index contributed by atoms with van der Waals surface area (Å²) in [5.74, 6) is 0.190. The first-order chi connectivity index (χ1) is 6.23. The molecule has 0 rings (SSSR count). The second kappa shape index (κ2) is 5.08. The van der Waals surface area contributed by atoms with Crippen LogP contribution in [0.3, 0.4) is 0 Å². The largest absolute Gasteiger partial charge is 0.299 e. The normalized spacial score (nSPS) is 10.9. The first kappa shape index (κ1) is 13.1. The molecule has 0 saturated heterocycles. The molecule has 0 aromatic rings. The van der Waals surface area contributed by atoms with Crippen molar-refractivity contribution >= 4 is 11.6 Å². The molecule has 0 spiro atoms. The van der Waals surface area contributed by atoms with Crippen LogP contribution < -0.4 is 0 Å². The Hall–Kier alpha value is -0.920. The Labute approximate surface area is 86.4 Å². The number of allylic oxidation sites excluding steroid dienone is 2. The van der Waals surface area contributed by atoms with Crippen LogP contribution in [0.2, 0.25) is 0 Å². The van der Waals surface area contributed by atoms with E-state index < -0.39 is 0 Å². The van der Waals surface area contributed by atoms with E-state index in [1.807, 2.05) is 34.6 Å². The Morgan fingerprint density at radius 1 is 1.07 bits per heavy atom. The highest BCUT2D eigenvalue weighted by Gasteiger charge is 2.20. The van der Waals surface area contributed by atoms with Gasteiger partial charge in [-0.2, -0.15) is 0 Å². The molecule has 0 aliphatic heterocycles. The minimum absolute atomic E-state index is 0.0441. The van der Waals surface area contributed by atoms with Gasteiger partial charge in [-0.1, -0.05) is 26.3 Å². The Morgan fingerprint density at radius 3 is 1.93 bits per heavy atom. The van der Waals surface area contributed by atoms with Gasteiger partial charge in [0.05, 0.1) is 0 Å². The number of carbonyl (C=O) groups is 2. The average molecular weight is 196 g/mol. The summed E-state index contributed by atoms with van der Waals surface area (Å²) >= 11 is 0. The maximum atomic E-state index is 11.5. The molecule has 0 aromatic heterocycles. The summed E-state index contributed by atoms with van der Waals surface area (Å²) in [7, 11) is 0. The minimum Gasteiger partial charge on any atom is -0.299 e. The highest BCUT2D eigenvalue weighted by atomic mass is 16.1. The van der Waals surface area contributed by atoms with Gasteiger partial charge in [0.25, 0.3) is 0 Å². The second-order valence-corrected chi connectivity index (χ2v) is 4.86. The Kier molecular flexibility index (Phi) is 4.75. The SMILES string of the molecule is CC(C)=CC(=O)CCC(=O)C(C)(C)C. The number of hydrogen-bond donors (Lipinski definition) is 0. The maximum Gasteiger partial charge on any atom is 0.156 e. The lowest BCUT2D eigenvalue weighted by molar-refractivity contribution is -0.128. The van der Waals surface area contributed by atoms with Crippen molar-refractivity contribution in [3.05, 3.63) is 11.6 Å². The molecule has 0 aliphatic rings. The minimum atomic E-state index is -0.328. The lowest BCUT2D eigenvalue weighted by atomic mass is 9.88. The van der Waals surface area contributed by atoms with E-state index in [2.05, 4.69) is 0 Å². The monoisotopic (exact) mass is 196 g/mol. The van der Waals surface area contributed by atoms with Gasteiger partial charge in [0, 0.05) is 18.3 Å². The molecule has 14 heavy (non-hydrogen) atoms. The molecular weight excluding hydrogens is 176 g/mol. The molecule has 2 nitrogen and oxygen atoms in total. The fraction of sp³-hybridized carbons (Fsp3) is 0.667. The zero-order valence-corrected chi connectivity index (χ0v) is 9.81. The maximum absolute atomic E-state index is 11.5. The van der Waals surface area contributed by atoms with Crippen LogP contribution in [0.5, 0.6) is 0 Å². The quantitative estimate of drug-likeness (QED) is 0.648. The van der Waals surface area contributed by atoms with Gasteiger partial charge < -0.3 is 0 Å². The molecule has 0 bridgehead atoms. The predicted molar refractivity (Wildman–Crippen MR) is 58.1 cm³/mol. The van der Waals surface area contributed by atoms with Crippen LogP contribution in [0, 0.1) is 5.41 Å². The molecular formula is C12H20O2. The molecule has 2 heteroatoms. The molecule has 0 fully saturated rings. The van der Waals surface area contributed by atoms with Gasteiger partial charge in [0.15, 0.2) is 5.78 Å². The highest BCUT2D eigenvalue weighted by Crippen LogP contribution is 2.17. The second-order valence-electron chi connectivity index (χ2n) is 4.86. The van der Waals surface area contributed by atoms with Crippen molar-refractivity contribution in [1.82, 2.24) is 0 Å². The molecule has 0 unspecified atom stereocenters. The van der Waals surface area contributed by atoms with Crippen molar-refractivity contribution in [2.24, 2.45) is 5.41 Å². The zero-order valence-electron chi connectivity index (χ0n) is 9.81. The first-order valence-corrected chi connectivity index (χ1v) is 4.94. The molecule has 0 aromatic carbocycles. The lowest BCUT2D eigenvalue weighted by Crippen LogP contribution is -2.20. The molecule has 0 saturated carbocycles. The Bertz CT molecular complexity index is 250. The molecule has 0 aliphatic carbocycles. The van der Waals surface area contributed by atoms with E-state index in [1.165, 1.54) is 0 Å². The van der Waals surface area contributed by atoms with E-state index in [9.17, 15) is 9.59 Å². The van der Waals surface area contributed by atoms with Crippen LogP contribution in [0.25, 0.3) is 0 Å². The van der Waals surface area contributed by atoms with Crippen LogP contribution in [0.1, 0.15) is 47.5 Å². The standard InChI is InChI=1S/C12H20O2/c1-9(2)8-10(13)6-7-11(14)12(3,4)5/h8H,6-7H2,1-5H3. The number of hydrogen-bond acceptors (Lipinski definition) is 2. The molecule has 0 amide bonds. The summed E-state index contributed by atoms with van der Waals surface area (Å²) in [6.07, 6.45) is 2.28. The summed E-state index contributed by atoms with van der Waals surface area (Å²) in [5.41, 5.74) is 0.656. The van der Waals surface area contributed by atoms with Crippen molar-refractivity contribution < 1.29 is 9.59 Å². The van der Waals surface area contributed by atoms with Gasteiger partial charge in [-0.05, 0) is 19.9 Å². The number of carbonyl (C=O) groups excluding carboxylic acids is 2. The third-order valence-electron chi connectivity index (χ3n) is 1.88. The van der Waals surface area contributed by atoms with Crippen molar-refractivity contribution in [3.8, 4) is 0 Å². The summed E-state index contributed by atoms with van der Waals surface area (Å²) in [4.78, 5) is 22.7. The van der Waals surface area contributed by atoms with Crippen LogP contribution in [-0.4, -0.2) is 11.6 Å². The first-order valence-electron chi connectivity index (χ1n) is 4.94. The van der Waals surface area contributed by atoms with E-state index in [4.69, 9.17) is 0 Å². The summed E-state index contributed by atoms with van der Waals surface area (Å²) in [6, 6.07) is 0. The number of Topliss-reactive ketones (excluding diaryl/α,β-unsaturated/α-hetero) is 1. The molecule has 80 valence electrons.